The predicted molar refractivity (Wildman–Crippen MR) is 86.5 cm³/mol. The molecule has 1 heterocycles. The van der Waals surface area contributed by atoms with Crippen LogP contribution in [0.3, 0.4) is 0 Å². The molecule has 124 valence electrons. The largest absolute Gasteiger partial charge is 0.465 e. The summed E-state index contributed by atoms with van der Waals surface area (Å²) >= 11 is 3.23. The fraction of sp³-hybridized carbons (Fsp3) is 0.125. The van der Waals surface area contributed by atoms with Crippen molar-refractivity contribution in [3.63, 3.8) is 0 Å². The molecule has 1 aromatic heterocycles. The van der Waals surface area contributed by atoms with Gasteiger partial charge in [0.15, 0.2) is 12.0 Å². The van der Waals surface area contributed by atoms with Gasteiger partial charge in [-0.2, -0.15) is 0 Å². The Morgan fingerprint density at radius 2 is 1.79 bits per heavy atom. The summed E-state index contributed by atoms with van der Waals surface area (Å²) in [5.41, 5.74) is 0.127. The molecule has 2 rings (SSSR count). The standard InChI is InChI=1S/C16H12BrNO6/c1-22-15(20)11-4-6-13(18-14(11)16(21)23-2)24-10-3-5-12(17)9(7-10)8-19/h3-8H,1-2H3. The van der Waals surface area contributed by atoms with E-state index in [0.29, 0.717) is 22.1 Å². The summed E-state index contributed by atoms with van der Waals surface area (Å²) < 4.78 is 15.4. The summed E-state index contributed by atoms with van der Waals surface area (Å²) in [5, 5.41) is 0. The SMILES string of the molecule is COC(=O)c1ccc(Oc2ccc(Br)c(C=O)c2)nc1C(=O)OC. The van der Waals surface area contributed by atoms with Crippen LogP contribution >= 0.6 is 15.9 Å². The van der Waals surface area contributed by atoms with Gasteiger partial charge >= 0.3 is 11.9 Å². The summed E-state index contributed by atoms with van der Waals surface area (Å²) in [4.78, 5) is 38.4. The van der Waals surface area contributed by atoms with Gasteiger partial charge in [0.1, 0.15) is 5.75 Å². The summed E-state index contributed by atoms with van der Waals surface area (Å²) in [7, 11) is 2.36. The number of aromatic nitrogens is 1. The monoisotopic (exact) mass is 393 g/mol. The Morgan fingerprint density at radius 1 is 1.08 bits per heavy atom. The second kappa shape index (κ2) is 7.69. The van der Waals surface area contributed by atoms with Gasteiger partial charge in [0.25, 0.3) is 0 Å². The molecule has 1 aromatic carbocycles. The highest BCUT2D eigenvalue weighted by molar-refractivity contribution is 9.10. The molecule has 0 bridgehead atoms. The zero-order chi connectivity index (χ0) is 17.7. The van der Waals surface area contributed by atoms with Crippen LogP contribution in [0.2, 0.25) is 0 Å². The van der Waals surface area contributed by atoms with Crippen molar-refractivity contribution < 1.29 is 28.6 Å². The first-order valence-corrected chi connectivity index (χ1v) is 7.39. The molecule has 0 atom stereocenters. The maximum absolute atomic E-state index is 11.8. The number of ether oxygens (including phenoxy) is 3. The topological polar surface area (TPSA) is 91.8 Å². The van der Waals surface area contributed by atoms with Gasteiger partial charge in [-0.1, -0.05) is 15.9 Å². The van der Waals surface area contributed by atoms with Crippen LogP contribution < -0.4 is 4.74 Å². The molecule has 0 unspecified atom stereocenters. The molecule has 2 aromatic rings. The van der Waals surface area contributed by atoms with Crippen molar-refractivity contribution >= 4 is 34.2 Å². The maximum atomic E-state index is 11.8. The lowest BCUT2D eigenvalue weighted by atomic mass is 10.2. The van der Waals surface area contributed by atoms with E-state index < -0.39 is 11.9 Å². The third-order valence-corrected chi connectivity index (χ3v) is 3.69. The Bertz CT molecular complexity index is 805. The number of benzene rings is 1. The first-order valence-electron chi connectivity index (χ1n) is 6.60. The van der Waals surface area contributed by atoms with Crippen LogP contribution in [0, 0.1) is 0 Å². The third kappa shape index (κ3) is 3.77. The molecule has 8 heteroatoms. The van der Waals surface area contributed by atoms with Gasteiger partial charge in [-0.3, -0.25) is 4.79 Å². The van der Waals surface area contributed by atoms with Gasteiger partial charge in [0.2, 0.25) is 5.88 Å². The van der Waals surface area contributed by atoms with E-state index in [1.54, 1.807) is 12.1 Å². The molecule has 0 N–H and O–H groups in total. The number of rotatable bonds is 5. The molecule has 24 heavy (non-hydrogen) atoms. The summed E-state index contributed by atoms with van der Waals surface area (Å²) in [6, 6.07) is 7.51. The van der Waals surface area contributed by atoms with Crippen LogP contribution in [-0.2, 0) is 9.47 Å². The number of carbonyl (C=O) groups is 3. The molecule has 0 saturated carbocycles. The van der Waals surface area contributed by atoms with E-state index in [1.807, 2.05) is 0 Å². The third-order valence-electron chi connectivity index (χ3n) is 2.97. The quantitative estimate of drug-likeness (QED) is 0.569. The average Bonchev–Trinajstić information content (AvgIpc) is 2.61. The van der Waals surface area contributed by atoms with Crippen LogP contribution in [0.5, 0.6) is 11.6 Å². The smallest absolute Gasteiger partial charge is 0.357 e. The second-order valence-corrected chi connectivity index (χ2v) is 5.29. The van der Waals surface area contributed by atoms with E-state index in [0.717, 1.165) is 0 Å². The van der Waals surface area contributed by atoms with Gasteiger partial charge in [0, 0.05) is 16.1 Å². The minimum absolute atomic E-state index is 0.0407. The van der Waals surface area contributed by atoms with E-state index in [9.17, 15) is 14.4 Å². The minimum atomic E-state index is -0.801. The number of aldehydes is 1. The number of halogens is 1. The lowest BCUT2D eigenvalue weighted by Gasteiger charge is -2.09. The van der Waals surface area contributed by atoms with Gasteiger partial charge in [-0.05, 0) is 24.3 Å². The van der Waals surface area contributed by atoms with E-state index in [-0.39, 0.29) is 17.1 Å². The molecule has 0 saturated heterocycles. The van der Waals surface area contributed by atoms with Gasteiger partial charge in [0.05, 0.1) is 19.8 Å². The summed E-state index contributed by atoms with van der Waals surface area (Å²) in [6.45, 7) is 0. The molecule has 0 radical (unpaired) electrons. The highest BCUT2D eigenvalue weighted by Crippen LogP contribution is 2.26. The van der Waals surface area contributed by atoms with Crippen molar-refractivity contribution in [2.75, 3.05) is 14.2 Å². The molecular weight excluding hydrogens is 382 g/mol. The number of hydrogen-bond donors (Lipinski definition) is 0. The van der Waals surface area contributed by atoms with Crippen LogP contribution in [0.4, 0.5) is 0 Å². The number of esters is 2. The van der Waals surface area contributed by atoms with Gasteiger partial charge < -0.3 is 14.2 Å². The maximum Gasteiger partial charge on any atom is 0.357 e. The first-order chi connectivity index (χ1) is 11.5. The zero-order valence-electron chi connectivity index (χ0n) is 12.7. The Labute approximate surface area is 145 Å². The highest BCUT2D eigenvalue weighted by Gasteiger charge is 2.21. The molecule has 0 spiro atoms. The minimum Gasteiger partial charge on any atom is -0.465 e. The Hall–Kier alpha value is -2.74. The normalized spacial score (nSPS) is 9.96. The van der Waals surface area contributed by atoms with E-state index >= 15 is 0 Å². The predicted octanol–water partition coefficient (Wildman–Crippen LogP) is 3.02. The number of carbonyl (C=O) groups excluding carboxylic acids is 3. The fourth-order valence-corrected chi connectivity index (χ4v) is 2.16. The van der Waals surface area contributed by atoms with E-state index in [2.05, 4.69) is 30.4 Å². The number of nitrogens with zero attached hydrogens (tertiary/aromatic N) is 1. The van der Waals surface area contributed by atoms with Crippen molar-refractivity contribution in [2.24, 2.45) is 0 Å². The second-order valence-electron chi connectivity index (χ2n) is 4.43. The Balaban J connectivity index is 2.39. The molecule has 0 fully saturated rings. The molecule has 0 amide bonds. The van der Waals surface area contributed by atoms with Crippen molar-refractivity contribution in [2.45, 2.75) is 0 Å². The zero-order valence-corrected chi connectivity index (χ0v) is 14.3. The summed E-state index contributed by atoms with van der Waals surface area (Å²) in [5.74, 6) is -1.12. The molecule has 7 nitrogen and oxygen atoms in total. The van der Waals surface area contributed by atoms with E-state index in [1.165, 1.54) is 32.4 Å². The summed E-state index contributed by atoms with van der Waals surface area (Å²) in [6.07, 6.45) is 0.671. The highest BCUT2D eigenvalue weighted by atomic mass is 79.9. The van der Waals surface area contributed by atoms with Crippen molar-refractivity contribution in [3.05, 3.63) is 51.6 Å². The Morgan fingerprint density at radius 3 is 2.42 bits per heavy atom. The number of hydrogen-bond acceptors (Lipinski definition) is 7. The van der Waals surface area contributed by atoms with Gasteiger partial charge in [-0.25, -0.2) is 14.6 Å². The van der Waals surface area contributed by atoms with Crippen LogP contribution in [-0.4, -0.2) is 37.4 Å². The lowest BCUT2D eigenvalue weighted by Crippen LogP contribution is -2.14. The van der Waals surface area contributed by atoms with Gasteiger partial charge in [-0.15, -0.1) is 0 Å². The van der Waals surface area contributed by atoms with Crippen molar-refractivity contribution in [1.82, 2.24) is 4.98 Å². The molecular formula is C16H12BrNO6. The van der Waals surface area contributed by atoms with E-state index in [4.69, 9.17) is 4.74 Å². The number of pyridine rings is 1. The fourth-order valence-electron chi connectivity index (χ4n) is 1.82. The Kier molecular flexibility index (Phi) is 5.64. The van der Waals surface area contributed by atoms with Crippen LogP contribution in [0.15, 0.2) is 34.8 Å². The number of methoxy groups -OCH3 is 2. The van der Waals surface area contributed by atoms with Crippen molar-refractivity contribution in [1.29, 1.82) is 0 Å². The van der Waals surface area contributed by atoms with Crippen LogP contribution in [0.1, 0.15) is 31.2 Å². The van der Waals surface area contributed by atoms with Crippen molar-refractivity contribution in [3.8, 4) is 11.6 Å². The van der Waals surface area contributed by atoms with Crippen LogP contribution in [0.25, 0.3) is 0 Å². The first kappa shape index (κ1) is 17.6. The molecule has 0 aliphatic rings. The lowest BCUT2D eigenvalue weighted by molar-refractivity contribution is 0.0549. The average molecular weight is 394 g/mol. The molecule has 0 aliphatic carbocycles. The molecule has 0 aliphatic heterocycles.